The molecule has 0 aliphatic heterocycles. The van der Waals surface area contributed by atoms with Crippen LogP contribution < -0.4 is 9.64 Å². The van der Waals surface area contributed by atoms with Crippen LogP contribution in [0.4, 0.5) is 10.1 Å². The van der Waals surface area contributed by atoms with Gasteiger partial charge in [0, 0.05) is 12.7 Å². The Morgan fingerprint density at radius 3 is 2.83 bits per heavy atom. The monoisotopic (exact) mass is 313 g/mol. The second-order valence-corrected chi connectivity index (χ2v) is 5.21. The van der Waals surface area contributed by atoms with Crippen LogP contribution in [0, 0.1) is 12.7 Å². The lowest BCUT2D eigenvalue weighted by atomic mass is 10.1. The first kappa shape index (κ1) is 15.0. The van der Waals surface area contributed by atoms with Crippen LogP contribution in [0.1, 0.15) is 16.2 Å². The smallest absolute Gasteiger partial charge is 0.261 e. The van der Waals surface area contributed by atoms with E-state index in [1.54, 1.807) is 19.2 Å². The summed E-state index contributed by atoms with van der Waals surface area (Å²) < 4.78 is 19.2. The highest BCUT2D eigenvalue weighted by molar-refractivity contribution is 6.06. The Morgan fingerprint density at radius 2 is 2.09 bits per heavy atom. The molecule has 1 amide bonds. The third-order valence-electron chi connectivity index (χ3n) is 3.69. The summed E-state index contributed by atoms with van der Waals surface area (Å²) in [6, 6.07) is 9.91. The van der Waals surface area contributed by atoms with Crippen molar-refractivity contribution in [3.05, 3.63) is 53.6 Å². The number of hydrogen-bond donors (Lipinski definition) is 1. The molecule has 2 aromatic carbocycles. The normalized spacial score (nSPS) is 10.8. The fraction of sp³-hybridized carbons (Fsp3) is 0.176. The number of aromatic amines is 1. The summed E-state index contributed by atoms with van der Waals surface area (Å²) in [6.45, 7) is 1.86. The lowest BCUT2D eigenvalue weighted by Gasteiger charge is -2.18. The predicted molar refractivity (Wildman–Crippen MR) is 86.5 cm³/mol. The number of hydrogen-bond acceptors (Lipinski definition) is 3. The number of nitrogens with zero attached hydrogens (tertiary/aromatic N) is 2. The molecule has 0 saturated carbocycles. The zero-order valence-electron chi connectivity index (χ0n) is 13.1. The highest BCUT2D eigenvalue weighted by Gasteiger charge is 2.20. The maximum Gasteiger partial charge on any atom is 0.261 e. The number of halogens is 1. The van der Waals surface area contributed by atoms with Gasteiger partial charge >= 0.3 is 0 Å². The van der Waals surface area contributed by atoms with Crippen molar-refractivity contribution in [2.24, 2.45) is 0 Å². The summed E-state index contributed by atoms with van der Waals surface area (Å²) in [4.78, 5) is 21.4. The second-order valence-electron chi connectivity index (χ2n) is 5.21. The maximum absolute atomic E-state index is 14.3. The van der Waals surface area contributed by atoms with E-state index in [1.165, 1.54) is 24.1 Å². The molecule has 1 aromatic heterocycles. The third-order valence-corrected chi connectivity index (χ3v) is 3.69. The molecule has 0 atom stereocenters. The number of H-pyrrole nitrogens is 1. The van der Waals surface area contributed by atoms with Gasteiger partial charge in [0.25, 0.3) is 5.91 Å². The Bertz CT molecular complexity index is 889. The molecule has 6 heteroatoms. The molecule has 0 aliphatic rings. The fourth-order valence-corrected chi connectivity index (χ4v) is 2.47. The van der Waals surface area contributed by atoms with Gasteiger partial charge in [-0.05, 0) is 37.3 Å². The first-order chi connectivity index (χ1) is 11.0. The van der Waals surface area contributed by atoms with Gasteiger partial charge in [0.05, 0.1) is 23.7 Å². The lowest BCUT2D eigenvalue weighted by molar-refractivity contribution is 0.0988. The Balaban J connectivity index is 1.97. The van der Waals surface area contributed by atoms with Crippen molar-refractivity contribution in [1.82, 2.24) is 9.97 Å². The highest BCUT2D eigenvalue weighted by Crippen LogP contribution is 2.25. The van der Waals surface area contributed by atoms with Crippen LogP contribution in [0.25, 0.3) is 11.0 Å². The largest absolute Gasteiger partial charge is 0.494 e. The molecular formula is C17H16FN3O2. The molecule has 5 nitrogen and oxygen atoms in total. The van der Waals surface area contributed by atoms with Crippen molar-refractivity contribution < 1.29 is 13.9 Å². The molecule has 23 heavy (non-hydrogen) atoms. The van der Waals surface area contributed by atoms with Crippen molar-refractivity contribution in [2.75, 3.05) is 19.1 Å². The highest BCUT2D eigenvalue weighted by atomic mass is 19.1. The maximum atomic E-state index is 14.3. The van der Waals surface area contributed by atoms with Gasteiger partial charge in [-0.25, -0.2) is 9.37 Å². The second kappa shape index (κ2) is 5.72. The van der Waals surface area contributed by atoms with Crippen LogP contribution in [0.3, 0.4) is 0 Å². The quantitative estimate of drug-likeness (QED) is 0.807. The van der Waals surface area contributed by atoms with E-state index in [0.29, 0.717) is 5.69 Å². The number of methoxy groups -OCH3 is 1. The number of aromatic nitrogens is 2. The standard InChI is InChI=1S/C17H16FN3O2/c1-10-19-13-8-7-11(9-14(13)20-10)21(2)17(22)12-5-4-6-15(23-3)16(12)18/h4-9H,1-3H3,(H,19,20). The third kappa shape index (κ3) is 2.63. The first-order valence-electron chi connectivity index (χ1n) is 7.08. The number of carbonyl (C=O) groups is 1. The Kier molecular flexibility index (Phi) is 3.73. The number of aryl methyl sites for hydroxylation is 1. The van der Waals surface area contributed by atoms with Crippen LogP contribution in [0.5, 0.6) is 5.75 Å². The molecule has 3 rings (SSSR count). The van der Waals surface area contributed by atoms with Crippen LogP contribution in [0.2, 0.25) is 0 Å². The van der Waals surface area contributed by atoms with E-state index in [-0.39, 0.29) is 11.3 Å². The summed E-state index contributed by atoms with van der Waals surface area (Å²) in [6.07, 6.45) is 0. The fourth-order valence-electron chi connectivity index (χ4n) is 2.47. The summed E-state index contributed by atoms with van der Waals surface area (Å²) in [5.41, 5.74) is 2.26. The van der Waals surface area contributed by atoms with Crippen LogP contribution in [-0.2, 0) is 0 Å². The van der Waals surface area contributed by atoms with Crippen molar-refractivity contribution in [1.29, 1.82) is 0 Å². The molecule has 0 saturated heterocycles. The van der Waals surface area contributed by atoms with E-state index >= 15 is 0 Å². The number of amides is 1. The van der Waals surface area contributed by atoms with Gasteiger partial charge in [-0.1, -0.05) is 6.07 Å². The van der Waals surface area contributed by atoms with Crippen molar-refractivity contribution in [2.45, 2.75) is 6.92 Å². The molecule has 3 aromatic rings. The van der Waals surface area contributed by atoms with E-state index in [2.05, 4.69) is 9.97 Å². The molecule has 0 spiro atoms. The Morgan fingerprint density at radius 1 is 1.30 bits per heavy atom. The van der Waals surface area contributed by atoms with Crippen LogP contribution in [-0.4, -0.2) is 30.0 Å². The van der Waals surface area contributed by atoms with Gasteiger partial charge < -0.3 is 14.6 Å². The average Bonchev–Trinajstić information content (AvgIpc) is 2.92. The van der Waals surface area contributed by atoms with Gasteiger partial charge in [0.2, 0.25) is 0 Å². The number of carbonyl (C=O) groups excluding carboxylic acids is 1. The van der Waals surface area contributed by atoms with Crippen molar-refractivity contribution >= 4 is 22.6 Å². The number of nitrogens with one attached hydrogen (secondary N) is 1. The van der Waals surface area contributed by atoms with E-state index in [9.17, 15) is 9.18 Å². The minimum absolute atomic E-state index is 0.0345. The molecule has 1 N–H and O–H groups in total. The van der Waals surface area contributed by atoms with Gasteiger partial charge in [-0.3, -0.25) is 4.79 Å². The number of anilines is 1. The van der Waals surface area contributed by atoms with Gasteiger partial charge in [-0.2, -0.15) is 0 Å². The van der Waals surface area contributed by atoms with Crippen LogP contribution >= 0.6 is 0 Å². The minimum atomic E-state index is -0.662. The molecule has 0 bridgehead atoms. The van der Waals surface area contributed by atoms with Crippen molar-refractivity contribution in [3.8, 4) is 5.75 Å². The topological polar surface area (TPSA) is 58.2 Å². The molecule has 0 aliphatic carbocycles. The summed E-state index contributed by atoms with van der Waals surface area (Å²) in [5, 5.41) is 0. The molecule has 0 radical (unpaired) electrons. The number of imidazole rings is 1. The van der Waals surface area contributed by atoms with E-state index in [0.717, 1.165) is 16.9 Å². The van der Waals surface area contributed by atoms with Crippen LogP contribution in [0.15, 0.2) is 36.4 Å². The summed E-state index contributed by atoms with van der Waals surface area (Å²) in [7, 11) is 2.97. The number of benzene rings is 2. The Hall–Kier alpha value is -2.89. The zero-order valence-corrected chi connectivity index (χ0v) is 13.1. The average molecular weight is 313 g/mol. The molecule has 0 unspecified atom stereocenters. The van der Waals surface area contributed by atoms with E-state index < -0.39 is 11.7 Å². The minimum Gasteiger partial charge on any atom is -0.494 e. The molecule has 118 valence electrons. The van der Waals surface area contributed by atoms with E-state index in [4.69, 9.17) is 4.74 Å². The van der Waals surface area contributed by atoms with Gasteiger partial charge in [-0.15, -0.1) is 0 Å². The number of rotatable bonds is 3. The Labute approximate surface area is 132 Å². The number of ether oxygens (including phenoxy) is 1. The van der Waals surface area contributed by atoms with Gasteiger partial charge in [0.1, 0.15) is 5.82 Å². The zero-order chi connectivity index (χ0) is 16.6. The van der Waals surface area contributed by atoms with E-state index in [1.807, 2.05) is 19.1 Å². The predicted octanol–water partition coefficient (Wildman–Crippen LogP) is 3.30. The lowest BCUT2D eigenvalue weighted by Crippen LogP contribution is -2.27. The molecular weight excluding hydrogens is 297 g/mol. The first-order valence-corrected chi connectivity index (χ1v) is 7.08. The summed E-state index contributed by atoms with van der Waals surface area (Å²) >= 11 is 0. The molecule has 1 heterocycles. The van der Waals surface area contributed by atoms with Gasteiger partial charge in [0.15, 0.2) is 11.6 Å². The van der Waals surface area contributed by atoms with Crippen molar-refractivity contribution in [3.63, 3.8) is 0 Å². The number of fused-ring (bicyclic) bond motifs is 1. The SMILES string of the molecule is COc1cccc(C(=O)N(C)c2ccc3nc(C)[nH]c3c2)c1F. The molecule has 0 fully saturated rings. The summed E-state index contributed by atoms with van der Waals surface area (Å²) in [5.74, 6) is -0.267.